The van der Waals surface area contributed by atoms with Crippen molar-refractivity contribution >= 4 is 34.5 Å². The number of carbonyl (C=O) groups excluding carboxylic acids is 2. The average molecular weight is 548 g/mol. The van der Waals surface area contributed by atoms with Crippen molar-refractivity contribution in [2.75, 3.05) is 63.1 Å². The summed E-state index contributed by atoms with van der Waals surface area (Å²) in [4.78, 5) is 41.1. The van der Waals surface area contributed by atoms with E-state index in [4.69, 9.17) is 14.7 Å². The molecule has 2 atom stereocenters. The molecule has 2 aromatic heterocycles. The van der Waals surface area contributed by atoms with E-state index in [2.05, 4.69) is 39.5 Å². The average Bonchev–Trinajstić information content (AvgIpc) is 3.54. The van der Waals surface area contributed by atoms with E-state index in [-0.39, 0.29) is 30.6 Å². The van der Waals surface area contributed by atoms with Crippen LogP contribution in [0.1, 0.15) is 26.2 Å². The highest BCUT2D eigenvalue weighted by molar-refractivity contribution is 5.91. The molecule has 2 unspecified atom stereocenters. The first-order valence-corrected chi connectivity index (χ1v) is 14.2. The van der Waals surface area contributed by atoms with Crippen molar-refractivity contribution in [2.24, 2.45) is 0 Å². The van der Waals surface area contributed by atoms with Crippen LogP contribution in [0.5, 0.6) is 0 Å². The van der Waals surface area contributed by atoms with Crippen LogP contribution in [0, 0.1) is 0 Å². The topological polar surface area (TPSA) is 121 Å². The van der Waals surface area contributed by atoms with Gasteiger partial charge in [-0.05, 0) is 51.1 Å². The van der Waals surface area contributed by atoms with Crippen molar-refractivity contribution in [1.29, 1.82) is 0 Å². The van der Waals surface area contributed by atoms with Crippen LogP contribution in [-0.2, 0) is 16.1 Å². The normalized spacial score (nSPS) is 21.1. The first-order chi connectivity index (χ1) is 19.5. The molecule has 0 radical (unpaired) electrons. The van der Waals surface area contributed by atoms with Crippen LogP contribution in [0.25, 0.3) is 22.4 Å². The number of piperazine rings is 1. The van der Waals surface area contributed by atoms with Gasteiger partial charge in [-0.3, -0.25) is 4.79 Å². The van der Waals surface area contributed by atoms with Gasteiger partial charge in [0.25, 0.3) is 0 Å². The summed E-state index contributed by atoms with van der Waals surface area (Å²) in [5.74, 6) is 1.59. The molecule has 0 saturated carbocycles. The van der Waals surface area contributed by atoms with Crippen molar-refractivity contribution in [2.45, 2.75) is 44.9 Å². The zero-order chi connectivity index (χ0) is 27.6. The number of rotatable bonds is 7. The lowest BCUT2D eigenvalue weighted by atomic mass is 10.2. The Morgan fingerprint density at radius 1 is 1.02 bits per heavy atom. The third kappa shape index (κ3) is 5.59. The molecule has 5 heterocycles. The summed E-state index contributed by atoms with van der Waals surface area (Å²) >= 11 is 0. The van der Waals surface area contributed by atoms with Gasteiger partial charge in [0.15, 0.2) is 11.5 Å². The molecular weight excluding hydrogens is 510 g/mol. The summed E-state index contributed by atoms with van der Waals surface area (Å²) in [5, 5.41) is 11.1. The maximum atomic E-state index is 12.4. The molecule has 12 heteroatoms. The van der Waals surface area contributed by atoms with Gasteiger partial charge in [0.05, 0.1) is 23.8 Å². The number of ether oxygens (including phenoxy) is 1. The summed E-state index contributed by atoms with van der Waals surface area (Å²) in [7, 11) is 2.05. The summed E-state index contributed by atoms with van der Waals surface area (Å²) in [6, 6.07) is 7.15. The fourth-order valence-corrected chi connectivity index (χ4v) is 5.70. The van der Waals surface area contributed by atoms with Gasteiger partial charge in [-0.25, -0.2) is 19.4 Å². The summed E-state index contributed by atoms with van der Waals surface area (Å²) < 4.78 is 7.95. The highest BCUT2D eigenvalue weighted by Crippen LogP contribution is 2.33. The first-order valence-electron chi connectivity index (χ1n) is 14.2. The number of fused-ring (bicyclic) bond motifs is 3. The van der Waals surface area contributed by atoms with Crippen LogP contribution < -0.4 is 15.5 Å². The van der Waals surface area contributed by atoms with E-state index in [9.17, 15) is 9.59 Å². The summed E-state index contributed by atoms with van der Waals surface area (Å²) in [6.07, 6.45) is 4.82. The molecule has 12 nitrogen and oxygen atoms in total. The van der Waals surface area contributed by atoms with Crippen molar-refractivity contribution in [3.8, 4) is 11.4 Å². The highest BCUT2D eigenvalue weighted by atomic mass is 16.5. The Balaban J connectivity index is 1.11. The minimum absolute atomic E-state index is 0.0724. The second-order valence-corrected chi connectivity index (χ2v) is 10.8. The lowest BCUT2D eigenvalue weighted by molar-refractivity contribution is -0.132. The van der Waals surface area contributed by atoms with Crippen LogP contribution in [0.4, 0.5) is 16.3 Å². The summed E-state index contributed by atoms with van der Waals surface area (Å²) in [6.45, 7) is 7.93. The molecule has 3 aromatic rings. The van der Waals surface area contributed by atoms with E-state index in [1.54, 1.807) is 0 Å². The quantitative estimate of drug-likeness (QED) is 0.462. The van der Waals surface area contributed by atoms with E-state index < -0.39 is 0 Å². The molecule has 212 valence electrons. The van der Waals surface area contributed by atoms with Crippen LogP contribution in [0.15, 0.2) is 30.5 Å². The fourth-order valence-electron chi connectivity index (χ4n) is 5.70. The number of urea groups is 1. The number of nitrogens with one attached hydrogen (secondary N) is 2. The van der Waals surface area contributed by atoms with Gasteiger partial charge in [-0.2, -0.15) is 5.10 Å². The molecule has 3 fully saturated rings. The molecule has 0 spiro atoms. The van der Waals surface area contributed by atoms with Gasteiger partial charge in [0.1, 0.15) is 5.82 Å². The van der Waals surface area contributed by atoms with Crippen molar-refractivity contribution in [3.05, 3.63) is 30.5 Å². The Kier molecular flexibility index (Phi) is 7.53. The number of nitrogens with zero attached hydrogens (tertiary/aromatic N) is 7. The summed E-state index contributed by atoms with van der Waals surface area (Å²) in [5.41, 5.74) is 2.32. The van der Waals surface area contributed by atoms with Crippen LogP contribution in [-0.4, -0.2) is 107 Å². The number of carbonyl (C=O) groups is 2. The number of hydrogen-bond donors (Lipinski definition) is 2. The lowest BCUT2D eigenvalue weighted by Crippen LogP contribution is -2.47. The maximum absolute atomic E-state index is 12.4. The second kappa shape index (κ2) is 11.4. The van der Waals surface area contributed by atoms with Gasteiger partial charge < -0.3 is 30.1 Å². The molecule has 2 bridgehead atoms. The number of aryl methyl sites for hydroxylation is 1. The van der Waals surface area contributed by atoms with Gasteiger partial charge in [-0.15, -0.1) is 0 Å². The molecule has 3 aliphatic rings. The predicted molar refractivity (Wildman–Crippen MR) is 152 cm³/mol. The molecule has 3 saturated heterocycles. The van der Waals surface area contributed by atoms with E-state index in [1.807, 2.05) is 40.0 Å². The third-order valence-electron chi connectivity index (χ3n) is 8.00. The van der Waals surface area contributed by atoms with Crippen molar-refractivity contribution in [1.82, 2.24) is 34.9 Å². The van der Waals surface area contributed by atoms with Crippen molar-refractivity contribution < 1.29 is 14.3 Å². The molecule has 6 rings (SSSR count). The number of hydrogen-bond acceptors (Lipinski definition) is 8. The Bertz CT molecular complexity index is 1360. The monoisotopic (exact) mass is 547 g/mol. The Labute approximate surface area is 233 Å². The fraction of sp³-hybridized carbons (Fsp3) is 0.536. The Morgan fingerprint density at radius 3 is 2.45 bits per heavy atom. The predicted octanol–water partition coefficient (Wildman–Crippen LogP) is 2.17. The highest BCUT2D eigenvalue weighted by Gasteiger charge is 2.35. The van der Waals surface area contributed by atoms with Gasteiger partial charge in [0, 0.05) is 70.0 Å². The second-order valence-electron chi connectivity index (χ2n) is 10.8. The number of anilines is 2. The first kappa shape index (κ1) is 26.5. The third-order valence-corrected chi connectivity index (χ3v) is 8.00. The lowest BCUT2D eigenvalue weighted by Gasteiger charge is -2.33. The number of likely N-dealkylation sites (N-methyl/N-ethyl adjacent to an activating group) is 1. The largest absolute Gasteiger partial charge is 0.371 e. The maximum Gasteiger partial charge on any atom is 0.319 e. The minimum atomic E-state index is -0.340. The van der Waals surface area contributed by atoms with Gasteiger partial charge >= 0.3 is 6.03 Å². The molecule has 3 aliphatic heterocycles. The van der Waals surface area contributed by atoms with Gasteiger partial charge in [0.2, 0.25) is 5.91 Å². The van der Waals surface area contributed by atoms with E-state index in [0.717, 1.165) is 74.5 Å². The SMILES string of the molecule is CCn1ncc2c(N3CC4CCC(C3)O4)nc(-c3ccc(NC(=O)NCCC(=O)N4CCN(C)CC4)cc3)nc21. The number of amides is 3. The van der Waals surface area contributed by atoms with Gasteiger partial charge in [-0.1, -0.05) is 0 Å². The molecule has 40 heavy (non-hydrogen) atoms. The zero-order valence-electron chi connectivity index (χ0n) is 23.2. The van der Waals surface area contributed by atoms with Crippen molar-refractivity contribution in [3.63, 3.8) is 0 Å². The van der Waals surface area contributed by atoms with Crippen LogP contribution >= 0.6 is 0 Å². The smallest absolute Gasteiger partial charge is 0.319 e. The van der Waals surface area contributed by atoms with E-state index in [1.165, 1.54) is 0 Å². The Morgan fingerprint density at radius 2 is 1.75 bits per heavy atom. The molecule has 1 aromatic carbocycles. The molecule has 3 amide bonds. The number of aromatic nitrogens is 4. The van der Waals surface area contributed by atoms with Crippen LogP contribution in [0.2, 0.25) is 0 Å². The zero-order valence-corrected chi connectivity index (χ0v) is 23.2. The Hall–Kier alpha value is -3.77. The molecule has 2 N–H and O–H groups in total. The number of morpholine rings is 1. The van der Waals surface area contributed by atoms with Crippen LogP contribution in [0.3, 0.4) is 0 Å². The standard InChI is InChI=1S/C28H37N9O3/c1-3-37-27-23(16-30-37)26(36-17-21-8-9-22(18-36)40-21)32-25(33-27)19-4-6-20(7-5-19)31-28(39)29-11-10-24(38)35-14-12-34(2)13-15-35/h4-7,16,21-22H,3,8-15,17-18H2,1-2H3,(H2,29,31,39). The number of benzene rings is 1. The minimum Gasteiger partial charge on any atom is -0.371 e. The molecular formula is C28H37N9O3. The molecule has 0 aliphatic carbocycles. The van der Waals surface area contributed by atoms with E-state index >= 15 is 0 Å². The van der Waals surface area contributed by atoms with E-state index in [0.29, 0.717) is 24.6 Å².